The topological polar surface area (TPSA) is 116 Å². The lowest BCUT2D eigenvalue weighted by Gasteiger charge is -2.43. The number of hydrogen-bond acceptors (Lipinski definition) is 9. The van der Waals surface area contributed by atoms with Crippen molar-refractivity contribution in [1.82, 2.24) is 4.90 Å². The Hall–Kier alpha value is -3.38. The number of likely N-dealkylation sites (tertiary alicyclic amines) is 1. The van der Waals surface area contributed by atoms with Crippen molar-refractivity contribution in [3.63, 3.8) is 0 Å². The van der Waals surface area contributed by atoms with E-state index in [1.165, 1.54) is 0 Å². The molecule has 1 N–H and O–H groups in total. The van der Waals surface area contributed by atoms with Crippen molar-refractivity contribution in [2.75, 3.05) is 64.6 Å². The van der Waals surface area contributed by atoms with E-state index in [2.05, 4.69) is 11.0 Å². The molecule has 266 valence electrons. The second-order valence-corrected chi connectivity index (χ2v) is 13.6. The van der Waals surface area contributed by atoms with Crippen LogP contribution in [-0.4, -0.2) is 99.6 Å². The predicted octanol–water partition coefficient (Wildman–Crippen LogP) is 5.87. The first-order chi connectivity index (χ1) is 23.0. The number of nitrogens with zero attached hydrogens (tertiary/aromatic N) is 2. The number of benzene rings is 2. The van der Waals surface area contributed by atoms with Crippen LogP contribution in [0.3, 0.4) is 0 Å². The number of piperidine rings is 1. The summed E-state index contributed by atoms with van der Waals surface area (Å²) in [5.74, 6) is -0.742. The van der Waals surface area contributed by atoms with Crippen LogP contribution in [0.5, 0.6) is 5.75 Å². The van der Waals surface area contributed by atoms with E-state index in [4.69, 9.17) is 28.4 Å². The average Bonchev–Trinajstić information content (AvgIpc) is 3.03. The number of fused-ring (bicyclic) bond motifs is 1. The molecule has 11 nitrogen and oxygen atoms in total. The molecule has 11 heteroatoms. The molecule has 1 amide bonds. The normalized spacial score (nSPS) is 20.2. The van der Waals surface area contributed by atoms with E-state index in [0.717, 1.165) is 47.6 Å². The highest BCUT2D eigenvalue weighted by Gasteiger charge is 2.42. The van der Waals surface area contributed by atoms with Crippen molar-refractivity contribution >= 4 is 17.7 Å². The highest BCUT2D eigenvalue weighted by atomic mass is 16.6. The molecule has 2 heterocycles. The SMILES string of the molecule is CCOC(C)COCc1ccc([C@H]2[C@H](CC(=O)O)CN(C(=O)OC(C)(C)C)C[C@@H]2OCc2ccc3c(c2)N(CCCOC)CCO3)cc1. The smallest absolute Gasteiger partial charge is 0.410 e. The van der Waals surface area contributed by atoms with Crippen molar-refractivity contribution in [3.05, 3.63) is 59.2 Å². The summed E-state index contributed by atoms with van der Waals surface area (Å²) < 4.78 is 35.0. The van der Waals surface area contributed by atoms with E-state index in [-0.39, 0.29) is 38.1 Å². The molecule has 0 bridgehead atoms. The Morgan fingerprint density at radius 3 is 2.50 bits per heavy atom. The number of carbonyl (C=O) groups excluding carboxylic acids is 1. The molecular weight excluding hydrogens is 616 g/mol. The van der Waals surface area contributed by atoms with Gasteiger partial charge >= 0.3 is 12.1 Å². The fraction of sp³-hybridized carbons (Fsp3) is 0.622. The fourth-order valence-corrected chi connectivity index (χ4v) is 6.39. The van der Waals surface area contributed by atoms with Crippen molar-refractivity contribution in [3.8, 4) is 5.75 Å². The van der Waals surface area contributed by atoms with Gasteiger partial charge in [0.05, 0.1) is 57.2 Å². The fourth-order valence-electron chi connectivity index (χ4n) is 6.39. The first-order valence-electron chi connectivity index (χ1n) is 17.1. The molecule has 0 saturated carbocycles. The lowest BCUT2D eigenvalue weighted by molar-refractivity contribution is -0.140. The maximum Gasteiger partial charge on any atom is 0.410 e. The molecule has 0 aliphatic carbocycles. The Labute approximate surface area is 285 Å². The van der Waals surface area contributed by atoms with Gasteiger partial charge in [-0.3, -0.25) is 4.79 Å². The van der Waals surface area contributed by atoms with Crippen LogP contribution in [0.15, 0.2) is 42.5 Å². The van der Waals surface area contributed by atoms with Gasteiger partial charge in [-0.2, -0.15) is 0 Å². The Morgan fingerprint density at radius 1 is 1.06 bits per heavy atom. The molecule has 0 spiro atoms. The third kappa shape index (κ3) is 11.1. The third-order valence-corrected chi connectivity index (χ3v) is 8.51. The minimum atomic E-state index is -0.925. The van der Waals surface area contributed by atoms with Crippen molar-refractivity contribution < 1.29 is 43.1 Å². The number of anilines is 1. The molecule has 2 aliphatic rings. The Morgan fingerprint density at radius 2 is 1.81 bits per heavy atom. The van der Waals surface area contributed by atoms with Crippen molar-refractivity contribution in [2.45, 2.75) is 84.4 Å². The number of aliphatic carboxylic acids is 1. The molecule has 2 aliphatic heterocycles. The number of ether oxygens (including phenoxy) is 6. The zero-order chi connectivity index (χ0) is 34.7. The summed E-state index contributed by atoms with van der Waals surface area (Å²) >= 11 is 0. The van der Waals surface area contributed by atoms with Gasteiger partial charge in [0.25, 0.3) is 0 Å². The van der Waals surface area contributed by atoms with E-state index in [1.54, 1.807) is 12.0 Å². The second-order valence-electron chi connectivity index (χ2n) is 13.6. The number of rotatable bonds is 16. The van der Waals surface area contributed by atoms with Gasteiger partial charge in [0.2, 0.25) is 0 Å². The molecule has 0 radical (unpaired) electrons. The van der Waals surface area contributed by atoms with Gasteiger partial charge in [0.1, 0.15) is 18.0 Å². The van der Waals surface area contributed by atoms with Crippen molar-refractivity contribution in [2.24, 2.45) is 5.92 Å². The molecule has 48 heavy (non-hydrogen) atoms. The van der Waals surface area contributed by atoms with E-state index < -0.39 is 29.7 Å². The van der Waals surface area contributed by atoms with Gasteiger partial charge in [0.15, 0.2) is 0 Å². The van der Waals surface area contributed by atoms with Crippen LogP contribution in [0, 0.1) is 5.92 Å². The molecule has 4 rings (SSSR count). The van der Waals surface area contributed by atoms with E-state index in [0.29, 0.717) is 33.0 Å². The Bertz CT molecular complexity index is 1310. The Kier molecular flexibility index (Phi) is 13.9. The third-order valence-electron chi connectivity index (χ3n) is 8.51. The molecular formula is C37H54N2O9. The number of amides is 1. The summed E-state index contributed by atoms with van der Waals surface area (Å²) in [6, 6.07) is 14.1. The first-order valence-corrected chi connectivity index (χ1v) is 17.1. The monoisotopic (exact) mass is 670 g/mol. The van der Waals surface area contributed by atoms with Crippen molar-refractivity contribution in [1.29, 1.82) is 0 Å². The summed E-state index contributed by atoms with van der Waals surface area (Å²) in [6.45, 7) is 14.7. The summed E-state index contributed by atoms with van der Waals surface area (Å²) in [4.78, 5) is 29.3. The summed E-state index contributed by atoms with van der Waals surface area (Å²) in [7, 11) is 1.71. The van der Waals surface area contributed by atoms with Crippen LogP contribution >= 0.6 is 0 Å². The number of carbonyl (C=O) groups is 2. The second kappa shape index (κ2) is 17.9. The zero-order valence-corrected chi connectivity index (χ0v) is 29.4. The molecule has 2 aromatic carbocycles. The number of carboxylic acid groups (broad SMARTS) is 1. The minimum absolute atomic E-state index is 0.0143. The molecule has 2 aromatic rings. The largest absolute Gasteiger partial charge is 0.490 e. The standard InChI is InChI=1S/C37H54N2O9/c1-7-45-26(2)23-44-24-27-9-12-29(13-10-27)35-30(20-34(40)41)21-39(36(42)48-37(3,4)5)22-33(35)47-25-28-11-14-32-31(19-28)38(16-18-46-32)15-8-17-43-6/h9-14,19,26,30,33,35H,7-8,15-18,20-25H2,1-6H3,(H,40,41)/t26?,30-,33+,35+/m1/s1. The molecule has 4 atom stereocenters. The zero-order valence-electron chi connectivity index (χ0n) is 29.4. The van der Waals surface area contributed by atoms with Gasteiger partial charge in [-0.15, -0.1) is 0 Å². The highest BCUT2D eigenvalue weighted by molar-refractivity contribution is 5.70. The molecule has 1 saturated heterocycles. The number of carboxylic acids is 1. The summed E-state index contributed by atoms with van der Waals surface area (Å²) in [5, 5.41) is 9.95. The van der Waals surface area contributed by atoms with Gasteiger partial charge in [-0.25, -0.2) is 4.79 Å². The van der Waals surface area contributed by atoms with E-state index in [9.17, 15) is 14.7 Å². The maximum atomic E-state index is 13.3. The minimum Gasteiger partial charge on any atom is -0.490 e. The molecule has 0 aromatic heterocycles. The van der Waals surface area contributed by atoms with Gasteiger partial charge in [0, 0.05) is 39.3 Å². The maximum absolute atomic E-state index is 13.3. The van der Waals surface area contributed by atoms with Gasteiger partial charge < -0.3 is 43.3 Å². The van der Waals surface area contributed by atoms with E-state index >= 15 is 0 Å². The molecule has 1 fully saturated rings. The van der Waals surface area contributed by atoms with Crippen LogP contribution < -0.4 is 9.64 Å². The van der Waals surface area contributed by atoms with E-state index in [1.807, 2.05) is 71.0 Å². The number of hydrogen-bond donors (Lipinski definition) is 1. The van der Waals surface area contributed by atoms with Crippen LogP contribution in [0.1, 0.15) is 70.1 Å². The van der Waals surface area contributed by atoms with Crippen LogP contribution in [-0.2, 0) is 41.7 Å². The Balaban J connectivity index is 1.57. The average molecular weight is 671 g/mol. The highest BCUT2D eigenvalue weighted by Crippen LogP contribution is 2.39. The predicted molar refractivity (Wildman–Crippen MR) is 183 cm³/mol. The summed E-state index contributed by atoms with van der Waals surface area (Å²) in [6.07, 6.45) is -0.147. The quantitative estimate of drug-likeness (QED) is 0.217. The van der Waals surface area contributed by atoms with Gasteiger partial charge in [-0.1, -0.05) is 30.3 Å². The van der Waals surface area contributed by atoms with Crippen LogP contribution in [0.2, 0.25) is 0 Å². The molecule has 1 unspecified atom stereocenters. The number of methoxy groups -OCH3 is 1. The first kappa shape index (κ1) is 37.4. The van der Waals surface area contributed by atoms with Crippen LogP contribution in [0.25, 0.3) is 0 Å². The summed E-state index contributed by atoms with van der Waals surface area (Å²) in [5.41, 5.74) is 3.27. The van der Waals surface area contributed by atoms with Crippen LogP contribution in [0.4, 0.5) is 10.5 Å². The lowest BCUT2D eigenvalue weighted by Crippen LogP contribution is -2.52. The van der Waals surface area contributed by atoms with Gasteiger partial charge in [-0.05, 0) is 75.8 Å². The lowest BCUT2D eigenvalue weighted by atomic mass is 9.76.